The molecule has 1 aliphatic carbocycles. The Bertz CT molecular complexity index is 335. The first-order valence-electron chi connectivity index (χ1n) is 6.96. The molecule has 1 aromatic heterocycles. The quantitative estimate of drug-likeness (QED) is 0.891. The average Bonchev–Trinajstić information content (AvgIpc) is 2.77. The summed E-state index contributed by atoms with van der Waals surface area (Å²) in [5.41, 5.74) is 0. The lowest BCUT2D eigenvalue weighted by atomic mass is 9.97. The monoisotopic (exact) mass is 269 g/mol. The number of nitrogens with one attached hydrogen (secondary N) is 1. The molecule has 0 radical (unpaired) electrons. The number of anilines is 1. The minimum Gasteiger partial charge on any atom is -0.384 e. The maximum Gasteiger partial charge on any atom is 0.202 e. The van der Waals surface area contributed by atoms with Crippen molar-refractivity contribution >= 4 is 16.7 Å². The van der Waals surface area contributed by atoms with Crippen molar-refractivity contribution in [2.75, 3.05) is 19.0 Å². The molecule has 5 heteroatoms. The van der Waals surface area contributed by atoms with E-state index in [0.717, 1.165) is 17.4 Å². The molecule has 0 amide bonds. The second kappa shape index (κ2) is 7.69. The summed E-state index contributed by atoms with van der Waals surface area (Å²) in [6.07, 6.45) is 10.2. The second-order valence-corrected chi connectivity index (χ2v) is 5.70. The first-order valence-corrected chi connectivity index (χ1v) is 7.74. The van der Waals surface area contributed by atoms with Crippen molar-refractivity contribution < 1.29 is 4.74 Å². The van der Waals surface area contributed by atoms with E-state index >= 15 is 0 Å². The second-order valence-electron chi connectivity index (χ2n) is 4.94. The highest BCUT2D eigenvalue weighted by molar-refractivity contribution is 7.09. The van der Waals surface area contributed by atoms with Gasteiger partial charge in [0.2, 0.25) is 5.13 Å². The van der Waals surface area contributed by atoms with Crippen LogP contribution in [0.1, 0.15) is 50.8 Å². The third-order valence-electron chi connectivity index (χ3n) is 3.43. The summed E-state index contributed by atoms with van der Waals surface area (Å²) < 4.78 is 9.39. The highest BCUT2D eigenvalue weighted by Crippen LogP contribution is 2.21. The Balaban J connectivity index is 1.81. The zero-order chi connectivity index (χ0) is 12.6. The van der Waals surface area contributed by atoms with Crippen LogP contribution in [0.4, 0.5) is 5.13 Å². The maximum absolute atomic E-state index is 5.04. The number of nitrogens with zero attached hydrogens (tertiary/aromatic N) is 2. The molecular weight excluding hydrogens is 246 g/mol. The molecule has 2 rings (SSSR count). The predicted octanol–water partition coefficient (Wildman–Crippen LogP) is 3.25. The normalized spacial score (nSPS) is 18.3. The van der Waals surface area contributed by atoms with Crippen molar-refractivity contribution in [3.8, 4) is 0 Å². The summed E-state index contributed by atoms with van der Waals surface area (Å²) >= 11 is 1.48. The molecule has 102 valence electrons. The smallest absolute Gasteiger partial charge is 0.202 e. The molecule has 1 fully saturated rings. The van der Waals surface area contributed by atoms with Gasteiger partial charge in [0, 0.05) is 31.1 Å². The number of ether oxygens (including phenoxy) is 1. The van der Waals surface area contributed by atoms with Gasteiger partial charge in [0.1, 0.15) is 5.82 Å². The molecule has 1 N–H and O–H groups in total. The minimum absolute atomic E-state index is 0.591. The van der Waals surface area contributed by atoms with Crippen LogP contribution < -0.4 is 5.32 Å². The molecule has 0 atom stereocenters. The lowest BCUT2D eigenvalue weighted by Crippen LogP contribution is -2.20. The first kappa shape index (κ1) is 13.7. The van der Waals surface area contributed by atoms with E-state index in [9.17, 15) is 0 Å². The standard InChI is InChI=1S/C13H23N3OS/c1-17-10-9-12-15-13(18-16-12)14-11-7-5-3-2-4-6-8-11/h11H,2-10H2,1H3,(H,14,15,16). The van der Waals surface area contributed by atoms with E-state index in [2.05, 4.69) is 14.7 Å². The Morgan fingerprint density at radius 1 is 1.22 bits per heavy atom. The van der Waals surface area contributed by atoms with Crippen LogP contribution in [-0.2, 0) is 11.2 Å². The first-order chi connectivity index (χ1) is 8.88. The van der Waals surface area contributed by atoms with E-state index in [1.165, 1.54) is 56.5 Å². The Morgan fingerprint density at radius 2 is 1.94 bits per heavy atom. The van der Waals surface area contributed by atoms with Gasteiger partial charge < -0.3 is 10.1 Å². The Hall–Kier alpha value is -0.680. The number of methoxy groups -OCH3 is 1. The van der Waals surface area contributed by atoms with Crippen molar-refractivity contribution in [3.63, 3.8) is 0 Å². The van der Waals surface area contributed by atoms with E-state index in [1.807, 2.05) is 0 Å². The van der Waals surface area contributed by atoms with Crippen LogP contribution in [0.3, 0.4) is 0 Å². The van der Waals surface area contributed by atoms with Crippen LogP contribution in [0.5, 0.6) is 0 Å². The largest absolute Gasteiger partial charge is 0.384 e. The minimum atomic E-state index is 0.591. The van der Waals surface area contributed by atoms with Gasteiger partial charge in [0.15, 0.2) is 0 Å². The summed E-state index contributed by atoms with van der Waals surface area (Å²) in [5.74, 6) is 0.898. The van der Waals surface area contributed by atoms with E-state index in [1.54, 1.807) is 7.11 Å². The fraction of sp³-hybridized carbons (Fsp3) is 0.846. The van der Waals surface area contributed by atoms with Crippen molar-refractivity contribution in [1.29, 1.82) is 0 Å². The molecule has 18 heavy (non-hydrogen) atoms. The Kier molecular flexibility index (Phi) is 5.87. The van der Waals surface area contributed by atoms with Gasteiger partial charge in [-0.2, -0.15) is 4.37 Å². The van der Waals surface area contributed by atoms with Gasteiger partial charge in [-0.05, 0) is 12.8 Å². The van der Waals surface area contributed by atoms with Crippen LogP contribution in [0.2, 0.25) is 0 Å². The molecule has 0 aromatic carbocycles. The lowest BCUT2D eigenvalue weighted by Gasteiger charge is -2.20. The molecule has 0 spiro atoms. The molecule has 0 bridgehead atoms. The topological polar surface area (TPSA) is 47.0 Å². The number of rotatable bonds is 5. The van der Waals surface area contributed by atoms with Crippen molar-refractivity contribution in [2.45, 2.75) is 57.4 Å². The molecule has 4 nitrogen and oxygen atoms in total. The van der Waals surface area contributed by atoms with Crippen LogP contribution in [0.15, 0.2) is 0 Å². The molecule has 1 aromatic rings. The highest BCUT2D eigenvalue weighted by atomic mass is 32.1. The summed E-state index contributed by atoms with van der Waals surface area (Å²) in [5, 5.41) is 4.53. The van der Waals surface area contributed by atoms with Crippen LogP contribution in [-0.4, -0.2) is 29.1 Å². The van der Waals surface area contributed by atoms with Gasteiger partial charge in [-0.3, -0.25) is 0 Å². The third-order valence-corrected chi connectivity index (χ3v) is 4.11. The molecular formula is C13H23N3OS. The lowest BCUT2D eigenvalue weighted by molar-refractivity contribution is 0.201. The predicted molar refractivity (Wildman–Crippen MR) is 75.2 cm³/mol. The molecule has 1 heterocycles. The number of hydrogen-bond donors (Lipinski definition) is 1. The van der Waals surface area contributed by atoms with Gasteiger partial charge >= 0.3 is 0 Å². The fourth-order valence-corrected chi connectivity index (χ4v) is 3.07. The van der Waals surface area contributed by atoms with Crippen molar-refractivity contribution in [3.05, 3.63) is 5.82 Å². The third kappa shape index (κ3) is 4.53. The van der Waals surface area contributed by atoms with Crippen LogP contribution in [0, 0.1) is 0 Å². The van der Waals surface area contributed by atoms with E-state index in [4.69, 9.17) is 4.74 Å². The van der Waals surface area contributed by atoms with Gasteiger partial charge in [-0.25, -0.2) is 4.98 Å². The van der Waals surface area contributed by atoms with Crippen LogP contribution in [0.25, 0.3) is 0 Å². The van der Waals surface area contributed by atoms with Crippen molar-refractivity contribution in [2.24, 2.45) is 0 Å². The summed E-state index contributed by atoms with van der Waals surface area (Å²) in [7, 11) is 1.71. The maximum atomic E-state index is 5.04. The zero-order valence-corrected chi connectivity index (χ0v) is 12.0. The van der Waals surface area contributed by atoms with Crippen molar-refractivity contribution in [1.82, 2.24) is 9.36 Å². The molecule has 1 saturated carbocycles. The molecule has 0 aliphatic heterocycles. The summed E-state index contributed by atoms with van der Waals surface area (Å²) in [6.45, 7) is 0.694. The number of hydrogen-bond acceptors (Lipinski definition) is 5. The zero-order valence-electron chi connectivity index (χ0n) is 11.2. The fourth-order valence-electron chi connectivity index (χ4n) is 2.38. The van der Waals surface area contributed by atoms with Crippen LogP contribution >= 0.6 is 11.5 Å². The molecule has 0 saturated heterocycles. The Labute approximate surface area is 113 Å². The van der Waals surface area contributed by atoms with E-state index in [-0.39, 0.29) is 0 Å². The van der Waals surface area contributed by atoms with Gasteiger partial charge in [-0.1, -0.05) is 32.1 Å². The van der Waals surface area contributed by atoms with E-state index in [0.29, 0.717) is 12.6 Å². The van der Waals surface area contributed by atoms with Gasteiger partial charge in [-0.15, -0.1) is 0 Å². The van der Waals surface area contributed by atoms with Gasteiger partial charge in [0.25, 0.3) is 0 Å². The SMILES string of the molecule is COCCc1nsc(NC2CCCCCCC2)n1. The summed E-state index contributed by atoms with van der Waals surface area (Å²) in [6, 6.07) is 0.591. The molecule has 0 unspecified atom stereocenters. The van der Waals surface area contributed by atoms with E-state index < -0.39 is 0 Å². The summed E-state index contributed by atoms with van der Waals surface area (Å²) in [4.78, 5) is 4.51. The van der Waals surface area contributed by atoms with Gasteiger partial charge in [0.05, 0.1) is 6.61 Å². The highest BCUT2D eigenvalue weighted by Gasteiger charge is 2.13. The Morgan fingerprint density at radius 3 is 2.67 bits per heavy atom. The molecule has 1 aliphatic rings. The average molecular weight is 269 g/mol. The number of aromatic nitrogens is 2.